The number of carbonyl (C=O) groups excluding carboxylic acids is 1. The Labute approximate surface area is 138 Å². The zero-order valence-corrected chi connectivity index (χ0v) is 15.0. The molecular formula is C17H24N2O3S. The first-order valence-electron chi connectivity index (χ1n) is 7.80. The number of hydrazone groups is 1. The molecule has 5 nitrogen and oxygen atoms in total. The highest BCUT2D eigenvalue weighted by atomic mass is 32.2. The first-order chi connectivity index (χ1) is 10.7. The maximum absolute atomic E-state index is 11.9. The molecule has 0 aliphatic carbocycles. The summed E-state index contributed by atoms with van der Waals surface area (Å²) in [6, 6.07) is 4.17. The minimum absolute atomic E-state index is 0.0844. The van der Waals surface area contributed by atoms with E-state index in [9.17, 15) is 13.2 Å². The lowest BCUT2D eigenvalue weighted by atomic mass is 9.98. The quantitative estimate of drug-likeness (QED) is 0.677. The molecule has 1 amide bonds. The van der Waals surface area contributed by atoms with Crippen molar-refractivity contribution in [3.8, 4) is 0 Å². The molecule has 1 atom stereocenters. The lowest BCUT2D eigenvalue weighted by Crippen LogP contribution is -2.23. The van der Waals surface area contributed by atoms with Crippen molar-refractivity contribution in [2.45, 2.75) is 40.5 Å². The van der Waals surface area contributed by atoms with Crippen molar-refractivity contribution in [1.82, 2.24) is 5.43 Å². The van der Waals surface area contributed by atoms with Gasteiger partial charge in [0.1, 0.15) is 0 Å². The standard InChI is InChI=1S/C17H24N2O3S/c1-11-7-13(3)16(8-12(11)2)14(4)18-19-17(20)9-15-5-6-23(21,22)10-15/h7-8,15H,5-6,9-10H2,1-4H3,(H,19,20)/b18-14-/t15-/m1/s1. The zero-order valence-electron chi connectivity index (χ0n) is 14.1. The van der Waals surface area contributed by atoms with Gasteiger partial charge in [-0.3, -0.25) is 4.79 Å². The molecule has 0 aromatic heterocycles. The van der Waals surface area contributed by atoms with Gasteiger partial charge in [0, 0.05) is 12.0 Å². The molecule has 126 valence electrons. The third-order valence-electron chi connectivity index (χ3n) is 4.38. The Bertz CT molecular complexity index is 751. The predicted octanol–water partition coefficient (Wildman–Crippen LogP) is 2.28. The van der Waals surface area contributed by atoms with E-state index in [0.29, 0.717) is 6.42 Å². The fourth-order valence-corrected chi connectivity index (χ4v) is 4.76. The first-order valence-corrected chi connectivity index (χ1v) is 9.62. The Balaban J connectivity index is 1.99. The average Bonchev–Trinajstić information content (AvgIpc) is 2.79. The fraction of sp³-hybridized carbons (Fsp3) is 0.529. The molecule has 0 spiro atoms. The highest BCUT2D eigenvalue weighted by Crippen LogP contribution is 2.21. The fourth-order valence-electron chi connectivity index (χ4n) is 2.90. The number of nitrogens with zero attached hydrogens (tertiary/aromatic N) is 1. The van der Waals surface area contributed by atoms with Gasteiger partial charge in [-0.1, -0.05) is 6.07 Å². The number of benzene rings is 1. The van der Waals surface area contributed by atoms with Crippen LogP contribution in [0.3, 0.4) is 0 Å². The summed E-state index contributed by atoms with van der Waals surface area (Å²) in [4.78, 5) is 11.9. The topological polar surface area (TPSA) is 75.6 Å². The minimum Gasteiger partial charge on any atom is -0.273 e. The van der Waals surface area contributed by atoms with E-state index in [4.69, 9.17) is 0 Å². The Morgan fingerprint density at radius 3 is 2.48 bits per heavy atom. The SMILES string of the molecule is C/C(=N/NC(=O)C[C@H]1CCS(=O)(=O)C1)c1cc(C)c(C)cc1C. The summed E-state index contributed by atoms with van der Waals surface area (Å²) in [6.07, 6.45) is 0.774. The maximum Gasteiger partial charge on any atom is 0.240 e. The number of nitrogens with one attached hydrogen (secondary N) is 1. The van der Waals surface area contributed by atoms with Gasteiger partial charge in [0.15, 0.2) is 9.84 Å². The van der Waals surface area contributed by atoms with E-state index >= 15 is 0 Å². The number of rotatable bonds is 4. The number of sulfone groups is 1. The van der Waals surface area contributed by atoms with Crippen LogP contribution >= 0.6 is 0 Å². The first kappa shape index (κ1) is 17.7. The summed E-state index contributed by atoms with van der Waals surface area (Å²) < 4.78 is 22.8. The molecule has 0 saturated carbocycles. The molecular weight excluding hydrogens is 312 g/mol. The van der Waals surface area contributed by atoms with Gasteiger partial charge in [0.25, 0.3) is 0 Å². The third kappa shape index (κ3) is 4.64. The van der Waals surface area contributed by atoms with Gasteiger partial charge in [0.2, 0.25) is 5.91 Å². The van der Waals surface area contributed by atoms with E-state index in [1.807, 2.05) is 20.8 Å². The van der Waals surface area contributed by atoms with E-state index in [0.717, 1.165) is 16.8 Å². The van der Waals surface area contributed by atoms with Crippen molar-refractivity contribution < 1.29 is 13.2 Å². The Hall–Kier alpha value is -1.69. The van der Waals surface area contributed by atoms with E-state index in [-0.39, 0.29) is 29.8 Å². The molecule has 1 saturated heterocycles. The number of hydrogen-bond donors (Lipinski definition) is 1. The van der Waals surface area contributed by atoms with Crippen LogP contribution in [0.15, 0.2) is 17.2 Å². The van der Waals surface area contributed by atoms with Crippen LogP contribution in [0.1, 0.15) is 42.0 Å². The van der Waals surface area contributed by atoms with Crippen molar-refractivity contribution in [2.75, 3.05) is 11.5 Å². The predicted molar refractivity (Wildman–Crippen MR) is 92.4 cm³/mol. The van der Waals surface area contributed by atoms with Crippen LogP contribution in [-0.2, 0) is 14.6 Å². The van der Waals surface area contributed by atoms with Gasteiger partial charge in [-0.2, -0.15) is 5.10 Å². The lowest BCUT2D eigenvalue weighted by molar-refractivity contribution is -0.121. The van der Waals surface area contributed by atoms with Crippen LogP contribution in [0.2, 0.25) is 0 Å². The normalized spacial score (nSPS) is 20.5. The molecule has 2 rings (SSSR count). The summed E-state index contributed by atoms with van der Waals surface area (Å²) in [5.74, 6) is -0.0131. The molecule has 6 heteroatoms. The van der Waals surface area contributed by atoms with Crippen LogP contribution in [0.5, 0.6) is 0 Å². The van der Waals surface area contributed by atoms with Crippen molar-refractivity contribution in [2.24, 2.45) is 11.0 Å². The Morgan fingerprint density at radius 2 is 1.87 bits per heavy atom. The van der Waals surface area contributed by atoms with Crippen LogP contribution in [-0.4, -0.2) is 31.5 Å². The van der Waals surface area contributed by atoms with Crippen LogP contribution < -0.4 is 5.43 Å². The second-order valence-electron chi connectivity index (χ2n) is 6.46. The number of amides is 1. The van der Waals surface area contributed by atoms with Gasteiger partial charge < -0.3 is 0 Å². The summed E-state index contributed by atoms with van der Waals surface area (Å²) in [7, 11) is -2.95. The minimum atomic E-state index is -2.95. The largest absolute Gasteiger partial charge is 0.273 e. The molecule has 1 aliphatic rings. The van der Waals surface area contributed by atoms with Crippen molar-refractivity contribution in [3.05, 3.63) is 34.4 Å². The third-order valence-corrected chi connectivity index (χ3v) is 6.22. The van der Waals surface area contributed by atoms with E-state index in [2.05, 4.69) is 29.6 Å². The Morgan fingerprint density at radius 1 is 1.22 bits per heavy atom. The Kier molecular flexibility index (Phi) is 5.24. The number of carbonyl (C=O) groups is 1. The highest BCUT2D eigenvalue weighted by Gasteiger charge is 2.29. The highest BCUT2D eigenvalue weighted by molar-refractivity contribution is 7.91. The molecule has 1 aromatic carbocycles. The smallest absolute Gasteiger partial charge is 0.240 e. The molecule has 1 N–H and O–H groups in total. The number of aryl methyl sites for hydroxylation is 3. The summed E-state index contributed by atoms with van der Waals surface area (Å²) >= 11 is 0. The molecule has 1 heterocycles. The second-order valence-corrected chi connectivity index (χ2v) is 8.69. The molecule has 0 unspecified atom stereocenters. The lowest BCUT2D eigenvalue weighted by Gasteiger charge is -2.10. The van der Waals surface area contributed by atoms with E-state index < -0.39 is 9.84 Å². The van der Waals surface area contributed by atoms with Gasteiger partial charge >= 0.3 is 0 Å². The average molecular weight is 336 g/mol. The van der Waals surface area contributed by atoms with E-state index in [1.165, 1.54) is 11.1 Å². The van der Waals surface area contributed by atoms with Crippen LogP contribution in [0.25, 0.3) is 0 Å². The van der Waals surface area contributed by atoms with Gasteiger partial charge in [-0.15, -0.1) is 0 Å². The van der Waals surface area contributed by atoms with Crippen molar-refractivity contribution in [1.29, 1.82) is 0 Å². The van der Waals surface area contributed by atoms with Crippen LogP contribution in [0.4, 0.5) is 0 Å². The molecule has 1 aliphatic heterocycles. The monoisotopic (exact) mass is 336 g/mol. The summed E-state index contributed by atoms with van der Waals surface area (Å²) in [6.45, 7) is 7.99. The van der Waals surface area contributed by atoms with Crippen molar-refractivity contribution in [3.63, 3.8) is 0 Å². The molecule has 23 heavy (non-hydrogen) atoms. The second kappa shape index (κ2) is 6.83. The van der Waals surface area contributed by atoms with Gasteiger partial charge in [-0.25, -0.2) is 13.8 Å². The molecule has 1 fully saturated rings. The maximum atomic E-state index is 11.9. The van der Waals surface area contributed by atoms with Gasteiger partial charge in [-0.05, 0) is 62.8 Å². The summed E-state index contributed by atoms with van der Waals surface area (Å²) in [5.41, 5.74) is 7.84. The van der Waals surface area contributed by atoms with Gasteiger partial charge in [0.05, 0.1) is 17.2 Å². The zero-order chi connectivity index (χ0) is 17.2. The number of hydrogen-bond acceptors (Lipinski definition) is 4. The molecule has 1 aromatic rings. The van der Waals surface area contributed by atoms with Crippen LogP contribution in [0, 0.1) is 26.7 Å². The molecule has 0 bridgehead atoms. The van der Waals surface area contributed by atoms with E-state index in [1.54, 1.807) is 0 Å². The summed E-state index contributed by atoms with van der Waals surface area (Å²) in [5, 5.41) is 4.17. The van der Waals surface area contributed by atoms with Crippen molar-refractivity contribution >= 4 is 21.5 Å². The molecule has 0 radical (unpaired) electrons.